The Kier molecular flexibility index (Phi) is 3.35. The lowest BCUT2D eigenvalue weighted by Crippen LogP contribution is -2.10. The minimum atomic E-state index is -0.237. The molecule has 1 heterocycles. The maximum Gasteiger partial charge on any atom is 0.123 e. The molecule has 17 heavy (non-hydrogen) atoms. The highest BCUT2D eigenvalue weighted by atomic mass is 19.1. The van der Waals surface area contributed by atoms with Gasteiger partial charge in [0.15, 0.2) is 0 Å². The van der Waals surface area contributed by atoms with Crippen molar-refractivity contribution < 1.29 is 4.39 Å². The van der Waals surface area contributed by atoms with Gasteiger partial charge in [0.05, 0.1) is 5.69 Å². The van der Waals surface area contributed by atoms with Gasteiger partial charge in [-0.15, -0.1) is 0 Å². The molecule has 0 radical (unpaired) electrons. The van der Waals surface area contributed by atoms with Crippen molar-refractivity contribution in [2.45, 2.75) is 6.54 Å². The van der Waals surface area contributed by atoms with Gasteiger partial charge in [-0.1, -0.05) is 0 Å². The van der Waals surface area contributed by atoms with Crippen LogP contribution in [0.3, 0.4) is 0 Å². The summed E-state index contributed by atoms with van der Waals surface area (Å²) in [6, 6.07) is 10.2. The highest BCUT2D eigenvalue weighted by molar-refractivity contribution is 5.62. The summed E-state index contributed by atoms with van der Waals surface area (Å²) in [5, 5.41) is 0. The van der Waals surface area contributed by atoms with Crippen LogP contribution in [-0.2, 0) is 6.54 Å². The Labute approximate surface area is 99.7 Å². The van der Waals surface area contributed by atoms with E-state index in [9.17, 15) is 4.39 Å². The van der Waals surface area contributed by atoms with Crippen molar-refractivity contribution in [1.82, 2.24) is 4.98 Å². The molecule has 0 aliphatic carbocycles. The van der Waals surface area contributed by atoms with E-state index in [4.69, 9.17) is 5.73 Å². The lowest BCUT2D eigenvalue weighted by Gasteiger charge is -2.19. The van der Waals surface area contributed by atoms with Crippen LogP contribution in [-0.4, -0.2) is 12.0 Å². The van der Waals surface area contributed by atoms with Gasteiger partial charge >= 0.3 is 0 Å². The summed E-state index contributed by atoms with van der Waals surface area (Å²) in [4.78, 5) is 6.10. The minimum Gasteiger partial charge on any atom is -0.345 e. The molecule has 0 saturated heterocycles. The zero-order valence-electron chi connectivity index (χ0n) is 9.60. The van der Waals surface area contributed by atoms with E-state index in [1.165, 1.54) is 12.1 Å². The smallest absolute Gasteiger partial charge is 0.123 e. The molecule has 0 amide bonds. The van der Waals surface area contributed by atoms with E-state index in [1.54, 1.807) is 18.3 Å². The van der Waals surface area contributed by atoms with Crippen LogP contribution in [0.4, 0.5) is 15.8 Å². The zero-order chi connectivity index (χ0) is 12.3. The Morgan fingerprint density at radius 1 is 1.18 bits per heavy atom. The van der Waals surface area contributed by atoms with Crippen molar-refractivity contribution in [3.63, 3.8) is 0 Å². The molecule has 3 nitrogen and oxygen atoms in total. The molecule has 88 valence electrons. The van der Waals surface area contributed by atoms with Crippen LogP contribution in [0.25, 0.3) is 0 Å². The summed E-state index contributed by atoms with van der Waals surface area (Å²) < 4.78 is 12.8. The third-order valence-electron chi connectivity index (χ3n) is 2.61. The largest absolute Gasteiger partial charge is 0.345 e. The first-order valence-electron chi connectivity index (χ1n) is 5.35. The van der Waals surface area contributed by atoms with Gasteiger partial charge in [0.1, 0.15) is 5.82 Å². The van der Waals surface area contributed by atoms with Crippen LogP contribution in [0.1, 0.15) is 5.69 Å². The Balaban J connectivity index is 2.29. The number of hydrogen-bond donors (Lipinski definition) is 1. The fourth-order valence-electron chi connectivity index (χ4n) is 1.60. The third kappa shape index (κ3) is 2.60. The molecule has 0 saturated carbocycles. The second-order valence-electron chi connectivity index (χ2n) is 3.74. The van der Waals surface area contributed by atoms with Gasteiger partial charge in [-0.05, 0) is 36.4 Å². The average molecular weight is 231 g/mol. The number of halogens is 1. The molecule has 0 bridgehead atoms. The molecule has 1 aromatic heterocycles. The van der Waals surface area contributed by atoms with E-state index in [-0.39, 0.29) is 5.82 Å². The second-order valence-corrected chi connectivity index (χ2v) is 3.74. The molecule has 0 fully saturated rings. The van der Waals surface area contributed by atoms with E-state index in [2.05, 4.69) is 4.98 Å². The van der Waals surface area contributed by atoms with Crippen LogP contribution in [0.2, 0.25) is 0 Å². The first kappa shape index (κ1) is 11.5. The molecular weight excluding hydrogens is 217 g/mol. The number of aromatic nitrogens is 1. The van der Waals surface area contributed by atoms with Crippen LogP contribution >= 0.6 is 0 Å². The zero-order valence-corrected chi connectivity index (χ0v) is 9.60. The summed E-state index contributed by atoms with van der Waals surface area (Å²) in [6.07, 6.45) is 1.72. The predicted octanol–water partition coefficient (Wildman–Crippen LogP) is 2.45. The first-order valence-corrected chi connectivity index (χ1v) is 5.35. The highest BCUT2D eigenvalue weighted by Crippen LogP contribution is 2.23. The molecule has 2 rings (SSSR count). The van der Waals surface area contributed by atoms with Gasteiger partial charge < -0.3 is 10.6 Å². The van der Waals surface area contributed by atoms with E-state index in [0.717, 1.165) is 17.1 Å². The Morgan fingerprint density at radius 3 is 2.53 bits per heavy atom. The van der Waals surface area contributed by atoms with Gasteiger partial charge in [-0.3, -0.25) is 4.98 Å². The lowest BCUT2D eigenvalue weighted by molar-refractivity contribution is 0.628. The summed E-state index contributed by atoms with van der Waals surface area (Å²) in [7, 11) is 1.92. The van der Waals surface area contributed by atoms with Crippen molar-refractivity contribution >= 4 is 11.4 Å². The van der Waals surface area contributed by atoms with Crippen molar-refractivity contribution in [2.24, 2.45) is 5.73 Å². The van der Waals surface area contributed by atoms with Gasteiger partial charge in [-0.25, -0.2) is 4.39 Å². The molecule has 0 aliphatic rings. The molecule has 0 atom stereocenters. The fourth-order valence-corrected chi connectivity index (χ4v) is 1.60. The predicted molar refractivity (Wildman–Crippen MR) is 66.6 cm³/mol. The molecular formula is C13H14FN3. The summed E-state index contributed by atoms with van der Waals surface area (Å²) in [5.41, 5.74) is 8.27. The maximum atomic E-state index is 12.8. The van der Waals surface area contributed by atoms with E-state index >= 15 is 0 Å². The van der Waals surface area contributed by atoms with E-state index in [0.29, 0.717) is 6.54 Å². The number of benzene rings is 1. The van der Waals surface area contributed by atoms with Crippen molar-refractivity contribution in [1.29, 1.82) is 0 Å². The van der Waals surface area contributed by atoms with E-state index < -0.39 is 0 Å². The summed E-state index contributed by atoms with van der Waals surface area (Å²) in [5.74, 6) is -0.237. The summed E-state index contributed by atoms with van der Waals surface area (Å²) in [6.45, 7) is 0.408. The Bertz CT molecular complexity index is 496. The highest BCUT2D eigenvalue weighted by Gasteiger charge is 2.04. The number of nitrogens with zero attached hydrogens (tertiary/aromatic N) is 2. The van der Waals surface area contributed by atoms with Crippen molar-refractivity contribution in [3.8, 4) is 0 Å². The third-order valence-corrected chi connectivity index (χ3v) is 2.61. The fraction of sp³-hybridized carbons (Fsp3) is 0.154. The topological polar surface area (TPSA) is 42.2 Å². The average Bonchev–Trinajstić information content (AvgIpc) is 2.39. The Hall–Kier alpha value is -1.94. The number of pyridine rings is 1. The molecule has 0 aliphatic heterocycles. The molecule has 2 N–H and O–H groups in total. The number of rotatable bonds is 3. The molecule has 0 spiro atoms. The van der Waals surface area contributed by atoms with Gasteiger partial charge in [0.2, 0.25) is 0 Å². The number of hydrogen-bond acceptors (Lipinski definition) is 3. The van der Waals surface area contributed by atoms with Gasteiger partial charge in [-0.2, -0.15) is 0 Å². The molecule has 1 aromatic carbocycles. The SMILES string of the molecule is CN(c1ccc(F)cc1)c1ccnc(CN)c1. The lowest BCUT2D eigenvalue weighted by atomic mass is 10.2. The van der Waals surface area contributed by atoms with Gasteiger partial charge in [0, 0.05) is 31.2 Å². The number of anilines is 2. The first-order chi connectivity index (χ1) is 8.20. The molecule has 4 heteroatoms. The quantitative estimate of drug-likeness (QED) is 0.882. The van der Waals surface area contributed by atoms with Crippen LogP contribution in [0.5, 0.6) is 0 Å². The monoisotopic (exact) mass is 231 g/mol. The standard InChI is InChI=1S/C13H14FN3/c1-17(12-4-2-10(14)3-5-12)13-6-7-16-11(8-13)9-15/h2-8H,9,15H2,1H3. The summed E-state index contributed by atoms with van der Waals surface area (Å²) >= 11 is 0. The molecule has 0 unspecified atom stereocenters. The minimum absolute atomic E-state index is 0.237. The van der Waals surface area contributed by atoms with Gasteiger partial charge in [0.25, 0.3) is 0 Å². The van der Waals surface area contributed by atoms with Crippen molar-refractivity contribution in [3.05, 3.63) is 54.1 Å². The number of nitrogens with two attached hydrogens (primary N) is 1. The van der Waals surface area contributed by atoms with E-state index in [1.807, 2.05) is 24.1 Å². The maximum absolute atomic E-state index is 12.8. The normalized spacial score (nSPS) is 10.3. The van der Waals surface area contributed by atoms with Crippen LogP contribution in [0, 0.1) is 5.82 Å². The second kappa shape index (κ2) is 4.93. The van der Waals surface area contributed by atoms with Crippen molar-refractivity contribution in [2.75, 3.05) is 11.9 Å². The molecule has 2 aromatic rings. The Morgan fingerprint density at radius 2 is 1.88 bits per heavy atom. The van der Waals surface area contributed by atoms with Crippen LogP contribution in [0.15, 0.2) is 42.6 Å². The van der Waals surface area contributed by atoms with Crippen LogP contribution < -0.4 is 10.6 Å².